The molecule has 0 amide bonds. The molecule has 0 spiro atoms. The van der Waals surface area contributed by atoms with Crippen LogP contribution in [0.5, 0.6) is 0 Å². The van der Waals surface area contributed by atoms with Crippen LogP contribution in [0.2, 0.25) is 0 Å². The van der Waals surface area contributed by atoms with E-state index in [9.17, 15) is 4.79 Å². The van der Waals surface area contributed by atoms with E-state index in [1.807, 2.05) is 6.07 Å². The summed E-state index contributed by atoms with van der Waals surface area (Å²) in [6.45, 7) is 2.93. The zero-order chi connectivity index (χ0) is 18.4. The van der Waals surface area contributed by atoms with Gasteiger partial charge in [0.05, 0.1) is 21.8 Å². The smallest absolute Gasteiger partial charge is 0.195 e. The van der Waals surface area contributed by atoms with Gasteiger partial charge < -0.3 is 4.57 Å². The first kappa shape index (κ1) is 16.5. The van der Waals surface area contributed by atoms with Gasteiger partial charge in [0.25, 0.3) is 0 Å². The summed E-state index contributed by atoms with van der Waals surface area (Å²) in [6, 6.07) is 16.8. The molecule has 1 aromatic carbocycles. The molecule has 27 heavy (non-hydrogen) atoms. The summed E-state index contributed by atoms with van der Waals surface area (Å²) >= 11 is 1.64. The normalized spacial score (nSPS) is 16.6. The number of carbonyl (C=O) groups is 1. The van der Waals surface area contributed by atoms with Crippen LogP contribution >= 0.6 is 11.3 Å². The number of benzene rings is 1. The number of Topliss-reactive ketones (excluding diaryl/α,β-unsaturated/α-hetero) is 1. The zero-order valence-corrected chi connectivity index (χ0v) is 16.1. The maximum absolute atomic E-state index is 13.1. The van der Waals surface area contributed by atoms with E-state index in [4.69, 9.17) is 0 Å². The summed E-state index contributed by atoms with van der Waals surface area (Å²) in [4.78, 5) is 15.3. The van der Waals surface area contributed by atoms with E-state index in [2.05, 4.69) is 77.1 Å². The highest BCUT2D eigenvalue weighted by Gasteiger charge is 2.31. The third-order valence-corrected chi connectivity index (χ3v) is 6.51. The number of thiophene rings is 1. The van der Waals surface area contributed by atoms with E-state index in [0.717, 1.165) is 29.8 Å². The third-order valence-electron chi connectivity index (χ3n) is 5.41. The second-order valence-electron chi connectivity index (χ2n) is 7.30. The van der Waals surface area contributed by atoms with Crippen molar-refractivity contribution in [3.63, 3.8) is 0 Å². The molecule has 5 rings (SSSR count). The number of hydrogen-bond donors (Lipinski definition) is 0. The van der Waals surface area contributed by atoms with E-state index in [-0.39, 0.29) is 11.8 Å². The molecular weight excluding hydrogens is 352 g/mol. The molecule has 0 bridgehead atoms. The highest BCUT2D eigenvalue weighted by Crippen LogP contribution is 2.35. The lowest BCUT2D eigenvalue weighted by molar-refractivity contribution is -0.687. The van der Waals surface area contributed by atoms with E-state index in [1.54, 1.807) is 11.3 Å². The lowest BCUT2D eigenvalue weighted by atomic mass is 9.93. The average Bonchev–Trinajstić information content (AvgIpc) is 3.26. The Hall–Kier alpha value is -2.72. The third kappa shape index (κ3) is 2.90. The quantitative estimate of drug-likeness (QED) is 0.477. The number of carbonyl (C=O) groups excluding carboxylic acids is 1. The molecule has 1 atom stereocenters. The summed E-state index contributed by atoms with van der Waals surface area (Å²) in [5.41, 5.74) is 3.65. The van der Waals surface area contributed by atoms with Gasteiger partial charge in [-0.05, 0) is 37.5 Å². The van der Waals surface area contributed by atoms with Gasteiger partial charge in [-0.15, -0.1) is 11.3 Å². The van der Waals surface area contributed by atoms with Crippen molar-refractivity contribution in [1.29, 1.82) is 0 Å². The van der Waals surface area contributed by atoms with Gasteiger partial charge in [-0.2, -0.15) is 0 Å². The average molecular weight is 374 g/mol. The van der Waals surface area contributed by atoms with Crippen molar-refractivity contribution in [2.75, 3.05) is 0 Å². The van der Waals surface area contributed by atoms with Crippen molar-refractivity contribution >= 4 is 28.0 Å². The van der Waals surface area contributed by atoms with Gasteiger partial charge in [-0.25, -0.2) is 4.57 Å². The molecule has 1 aliphatic rings. The van der Waals surface area contributed by atoms with Gasteiger partial charge in [0.1, 0.15) is 0 Å². The van der Waals surface area contributed by atoms with Crippen LogP contribution in [0, 0.1) is 6.92 Å². The Labute approximate surface area is 162 Å². The maximum Gasteiger partial charge on any atom is 0.195 e. The molecule has 0 fully saturated rings. The minimum atomic E-state index is -0.0852. The number of pyridine rings is 1. The van der Waals surface area contributed by atoms with Crippen molar-refractivity contribution < 1.29 is 9.36 Å². The Balaban J connectivity index is 1.47. The lowest BCUT2D eigenvalue weighted by Crippen LogP contribution is -2.33. The van der Waals surface area contributed by atoms with Crippen LogP contribution in [0.3, 0.4) is 0 Å². The monoisotopic (exact) mass is 373 g/mol. The van der Waals surface area contributed by atoms with Crippen molar-refractivity contribution in [2.24, 2.45) is 0 Å². The number of aryl methyl sites for hydroxylation is 2. The Bertz CT molecular complexity index is 1140. The SMILES string of the molecule is Cc1cc2c(s1)C(=O)C(n1ccc3c[n+](Cc4ccccc4)ccc31)CC2. The molecule has 3 heterocycles. The van der Waals surface area contributed by atoms with E-state index in [1.165, 1.54) is 21.4 Å². The molecule has 134 valence electrons. The molecule has 4 heteroatoms. The van der Waals surface area contributed by atoms with Crippen molar-refractivity contribution in [3.05, 3.63) is 88.0 Å². The van der Waals surface area contributed by atoms with Crippen LogP contribution in [0.1, 0.15) is 38.1 Å². The van der Waals surface area contributed by atoms with Gasteiger partial charge in [0.15, 0.2) is 24.7 Å². The van der Waals surface area contributed by atoms with Gasteiger partial charge in [0.2, 0.25) is 0 Å². The number of aromatic nitrogens is 2. The van der Waals surface area contributed by atoms with E-state index in [0.29, 0.717) is 0 Å². The van der Waals surface area contributed by atoms with Crippen molar-refractivity contribution in [2.45, 2.75) is 32.4 Å². The fraction of sp³-hybridized carbons (Fsp3) is 0.217. The Morgan fingerprint density at radius 1 is 1.19 bits per heavy atom. The number of hydrogen-bond acceptors (Lipinski definition) is 2. The van der Waals surface area contributed by atoms with Crippen LogP contribution in [-0.2, 0) is 13.0 Å². The largest absolute Gasteiger partial charge is 0.336 e. The van der Waals surface area contributed by atoms with Crippen LogP contribution in [0.15, 0.2) is 67.1 Å². The first-order chi connectivity index (χ1) is 13.2. The second-order valence-corrected chi connectivity index (χ2v) is 8.55. The van der Waals surface area contributed by atoms with Crippen LogP contribution in [0.25, 0.3) is 10.9 Å². The van der Waals surface area contributed by atoms with Gasteiger partial charge in [-0.1, -0.05) is 30.3 Å². The van der Waals surface area contributed by atoms with Gasteiger partial charge in [0, 0.05) is 22.7 Å². The number of nitrogens with zero attached hydrogens (tertiary/aromatic N) is 2. The van der Waals surface area contributed by atoms with Gasteiger partial charge in [-0.3, -0.25) is 4.79 Å². The molecule has 0 aliphatic heterocycles. The summed E-state index contributed by atoms with van der Waals surface area (Å²) in [7, 11) is 0. The van der Waals surface area contributed by atoms with E-state index >= 15 is 0 Å². The minimum Gasteiger partial charge on any atom is -0.336 e. The fourth-order valence-electron chi connectivity index (χ4n) is 4.12. The number of ketones is 1. The number of rotatable bonds is 3. The second kappa shape index (κ2) is 6.46. The predicted molar refractivity (Wildman–Crippen MR) is 108 cm³/mol. The summed E-state index contributed by atoms with van der Waals surface area (Å²) < 4.78 is 4.37. The molecule has 1 unspecified atom stereocenters. The first-order valence-electron chi connectivity index (χ1n) is 9.36. The molecule has 0 N–H and O–H groups in total. The standard InChI is InChI=1S/C23H21N2OS/c1-16-13-18-7-8-21(22(26)23(18)27-16)25-12-9-19-15-24(11-10-20(19)25)14-17-5-3-2-4-6-17/h2-6,9-13,15,21H,7-8,14H2,1H3/q+1. The molecule has 3 nitrogen and oxygen atoms in total. The highest BCUT2D eigenvalue weighted by atomic mass is 32.1. The van der Waals surface area contributed by atoms with Gasteiger partial charge >= 0.3 is 0 Å². The fourth-order valence-corrected chi connectivity index (χ4v) is 5.17. The highest BCUT2D eigenvalue weighted by molar-refractivity contribution is 7.14. The molecule has 1 aliphatic carbocycles. The maximum atomic E-state index is 13.1. The summed E-state index contributed by atoms with van der Waals surface area (Å²) in [6.07, 6.45) is 8.22. The van der Waals surface area contributed by atoms with Crippen LogP contribution < -0.4 is 4.57 Å². The summed E-state index contributed by atoms with van der Waals surface area (Å²) in [5.74, 6) is 0.271. The first-order valence-corrected chi connectivity index (χ1v) is 10.2. The Morgan fingerprint density at radius 2 is 2.04 bits per heavy atom. The zero-order valence-electron chi connectivity index (χ0n) is 15.3. The Morgan fingerprint density at radius 3 is 2.89 bits per heavy atom. The molecule has 0 saturated heterocycles. The molecular formula is C23H21N2OS+. The molecule has 3 aromatic heterocycles. The van der Waals surface area contributed by atoms with Crippen LogP contribution in [0.4, 0.5) is 0 Å². The Kier molecular flexibility index (Phi) is 3.94. The summed E-state index contributed by atoms with van der Waals surface area (Å²) in [5, 5.41) is 1.18. The molecule has 4 aromatic rings. The number of fused-ring (bicyclic) bond motifs is 2. The predicted octanol–water partition coefficient (Wildman–Crippen LogP) is 4.72. The minimum absolute atomic E-state index is 0.0852. The molecule has 0 radical (unpaired) electrons. The molecule has 0 saturated carbocycles. The van der Waals surface area contributed by atoms with Crippen LogP contribution in [-0.4, -0.2) is 10.4 Å². The van der Waals surface area contributed by atoms with Crippen molar-refractivity contribution in [3.8, 4) is 0 Å². The topological polar surface area (TPSA) is 25.9 Å². The van der Waals surface area contributed by atoms with E-state index < -0.39 is 0 Å². The lowest BCUT2D eigenvalue weighted by Gasteiger charge is -2.23. The van der Waals surface area contributed by atoms with Crippen molar-refractivity contribution in [1.82, 2.24) is 4.57 Å².